The minimum absolute atomic E-state index is 0.0744. The molecule has 1 aromatic carbocycles. The Labute approximate surface area is 184 Å². The molecule has 31 heavy (non-hydrogen) atoms. The monoisotopic (exact) mass is 431 g/mol. The molecular formula is C23H21N5O2S. The van der Waals surface area contributed by atoms with E-state index in [1.54, 1.807) is 33.3 Å². The van der Waals surface area contributed by atoms with Crippen molar-refractivity contribution in [2.24, 2.45) is 0 Å². The van der Waals surface area contributed by atoms with Crippen molar-refractivity contribution in [1.82, 2.24) is 24.6 Å². The Kier molecular flexibility index (Phi) is 4.99. The van der Waals surface area contributed by atoms with Crippen molar-refractivity contribution in [3.05, 3.63) is 76.6 Å². The minimum atomic E-state index is -0.0744. The lowest BCUT2D eigenvalue weighted by Crippen LogP contribution is -2.32. The second kappa shape index (κ2) is 7.96. The van der Waals surface area contributed by atoms with Gasteiger partial charge < -0.3 is 9.64 Å². The van der Waals surface area contributed by atoms with Crippen molar-refractivity contribution in [3.63, 3.8) is 0 Å². The van der Waals surface area contributed by atoms with Gasteiger partial charge in [-0.3, -0.25) is 4.79 Å². The number of nitrogens with zero attached hydrogens (tertiary/aromatic N) is 5. The van der Waals surface area contributed by atoms with Gasteiger partial charge in [0.25, 0.3) is 11.9 Å². The second-order valence-corrected chi connectivity index (χ2v) is 8.36. The highest BCUT2D eigenvalue weighted by molar-refractivity contribution is 7.13. The summed E-state index contributed by atoms with van der Waals surface area (Å²) in [5.41, 5.74) is 4.13. The van der Waals surface area contributed by atoms with E-state index >= 15 is 0 Å². The standard InChI is InChI=1S/C23H21N5O2S/c1-15-12-24-23(26-21(15)20-8-5-11-31-20)28-16(2)18(13-25-28)22(29)27-9-10-30-19-7-4-3-6-17(19)14-27/h3-8,11-13H,9-10,14H2,1-2H3. The van der Waals surface area contributed by atoms with E-state index in [0.29, 0.717) is 36.9 Å². The average Bonchev–Trinajstić information content (AvgIpc) is 3.39. The highest BCUT2D eigenvalue weighted by Gasteiger charge is 2.25. The average molecular weight is 432 g/mol. The molecule has 0 radical (unpaired) electrons. The maximum absolute atomic E-state index is 13.3. The Morgan fingerprint density at radius 2 is 2.00 bits per heavy atom. The Morgan fingerprint density at radius 3 is 2.84 bits per heavy atom. The fraction of sp³-hybridized carbons (Fsp3) is 0.217. The molecule has 0 aliphatic carbocycles. The third kappa shape index (κ3) is 3.59. The van der Waals surface area contributed by atoms with Crippen LogP contribution >= 0.6 is 11.3 Å². The van der Waals surface area contributed by atoms with E-state index in [0.717, 1.165) is 27.4 Å². The van der Waals surface area contributed by atoms with Gasteiger partial charge in [-0.1, -0.05) is 24.3 Å². The Morgan fingerprint density at radius 1 is 1.13 bits per heavy atom. The SMILES string of the molecule is Cc1cnc(-n2ncc(C(=O)N3CCOc4ccccc4C3)c2C)nc1-c1cccs1. The normalized spacial score (nSPS) is 13.4. The fourth-order valence-electron chi connectivity index (χ4n) is 3.69. The summed E-state index contributed by atoms with van der Waals surface area (Å²) in [6.07, 6.45) is 3.40. The zero-order valence-corrected chi connectivity index (χ0v) is 18.1. The van der Waals surface area contributed by atoms with Crippen molar-refractivity contribution in [2.75, 3.05) is 13.2 Å². The number of amides is 1. The summed E-state index contributed by atoms with van der Waals surface area (Å²) < 4.78 is 7.43. The minimum Gasteiger partial charge on any atom is -0.491 e. The third-order valence-electron chi connectivity index (χ3n) is 5.38. The van der Waals surface area contributed by atoms with Gasteiger partial charge in [-0.05, 0) is 36.9 Å². The first-order valence-electron chi connectivity index (χ1n) is 10.0. The number of aryl methyl sites for hydroxylation is 1. The number of benzene rings is 1. The van der Waals surface area contributed by atoms with E-state index in [4.69, 9.17) is 9.72 Å². The van der Waals surface area contributed by atoms with Crippen LogP contribution in [0.4, 0.5) is 0 Å². The molecule has 0 atom stereocenters. The van der Waals surface area contributed by atoms with Gasteiger partial charge in [-0.25, -0.2) is 14.6 Å². The molecule has 3 aromatic heterocycles. The molecule has 0 N–H and O–H groups in total. The molecule has 0 bridgehead atoms. The molecule has 8 heteroatoms. The van der Waals surface area contributed by atoms with Gasteiger partial charge in [0.05, 0.1) is 34.6 Å². The molecule has 1 aliphatic rings. The molecule has 7 nitrogen and oxygen atoms in total. The summed E-state index contributed by atoms with van der Waals surface area (Å²) in [5.74, 6) is 1.21. The van der Waals surface area contributed by atoms with E-state index in [2.05, 4.69) is 10.1 Å². The van der Waals surface area contributed by atoms with Crippen LogP contribution in [0.3, 0.4) is 0 Å². The van der Waals surface area contributed by atoms with Crippen LogP contribution in [0.2, 0.25) is 0 Å². The molecule has 156 valence electrons. The first-order valence-corrected chi connectivity index (χ1v) is 10.9. The number of fused-ring (bicyclic) bond motifs is 1. The zero-order valence-electron chi connectivity index (χ0n) is 17.3. The molecule has 4 heterocycles. The van der Waals surface area contributed by atoms with Gasteiger partial charge in [-0.2, -0.15) is 5.10 Å². The largest absolute Gasteiger partial charge is 0.491 e. The predicted octanol–water partition coefficient (Wildman–Crippen LogP) is 4.04. The maximum Gasteiger partial charge on any atom is 0.257 e. The molecule has 4 aromatic rings. The number of aromatic nitrogens is 4. The molecule has 1 amide bonds. The van der Waals surface area contributed by atoms with Crippen LogP contribution in [0.15, 0.2) is 54.2 Å². The lowest BCUT2D eigenvalue weighted by molar-refractivity contribution is 0.0732. The fourth-order valence-corrected chi connectivity index (χ4v) is 4.47. The number of hydrogen-bond acceptors (Lipinski definition) is 6. The summed E-state index contributed by atoms with van der Waals surface area (Å²) >= 11 is 1.63. The molecule has 0 saturated carbocycles. The number of thiophene rings is 1. The topological polar surface area (TPSA) is 73.1 Å². The Hall–Kier alpha value is -3.52. The van der Waals surface area contributed by atoms with Crippen LogP contribution in [-0.4, -0.2) is 43.7 Å². The molecule has 1 aliphatic heterocycles. The molecule has 0 saturated heterocycles. The first-order chi connectivity index (χ1) is 15.1. The van der Waals surface area contributed by atoms with Crippen molar-refractivity contribution in [1.29, 1.82) is 0 Å². The van der Waals surface area contributed by atoms with Gasteiger partial charge in [-0.15, -0.1) is 11.3 Å². The molecular weight excluding hydrogens is 410 g/mol. The zero-order chi connectivity index (χ0) is 21.4. The Bertz CT molecular complexity index is 1250. The van der Waals surface area contributed by atoms with E-state index in [1.165, 1.54) is 0 Å². The predicted molar refractivity (Wildman–Crippen MR) is 119 cm³/mol. The number of ether oxygens (including phenoxy) is 1. The quantitative estimate of drug-likeness (QED) is 0.489. The van der Waals surface area contributed by atoms with Gasteiger partial charge in [0.1, 0.15) is 12.4 Å². The summed E-state index contributed by atoms with van der Waals surface area (Å²) in [5, 5.41) is 6.46. The van der Waals surface area contributed by atoms with Crippen LogP contribution in [0, 0.1) is 13.8 Å². The summed E-state index contributed by atoms with van der Waals surface area (Å²) in [6.45, 7) is 5.34. The van der Waals surface area contributed by atoms with E-state index < -0.39 is 0 Å². The number of para-hydroxylation sites is 1. The first kappa shape index (κ1) is 19.4. The molecule has 0 fully saturated rings. The van der Waals surface area contributed by atoms with Gasteiger partial charge in [0, 0.05) is 18.3 Å². The van der Waals surface area contributed by atoms with Crippen LogP contribution < -0.4 is 4.74 Å². The molecule has 0 spiro atoms. The summed E-state index contributed by atoms with van der Waals surface area (Å²) in [6, 6.07) is 11.9. The van der Waals surface area contributed by atoms with Crippen LogP contribution in [-0.2, 0) is 6.54 Å². The van der Waals surface area contributed by atoms with Crippen molar-refractivity contribution < 1.29 is 9.53 Å². The highest BCUT2D eigenvalue weighted by atomic mass is 32.1. The summed E-state index contributed by atoms with van der Waals surface area (Å²) in [4.78, 5) is 25.4. The van der Waals surface area contributed by atoms with E-state index in [-0.39, 0.29) is 5.91 Å². The van der Waals surface area contributed by atoms with Crippen molar-refractivity contribution in [2.45, 2.75) is 20.4 Å². The van der Waals surface area contributed by atoms with Crippen LogP contribution in [0.5, 0.6) is 5.75 Å². The lowest BCUT2D eigenvalue weighted by Gasteiger charge is -2.19. The van der Waals surface area contributed by atoms with Crippen molar-refractivity contribution in [3.8, 4) is 22.3 Å². The smallest absolute Gasteiger partial charge is 0.257 e. The third-order valence-corrected chi connectivity index (χ3v) is 6.26. The van der Waals surface area contributed by atoms with E-state index in [1.807, 2.05) is 55.6 Å². The number of hydrogen-bond donors (Lipinski definition) is 0. The number of rotatable bonds is 3. The Balaban J connectivity index is 1.46. The number of carbonyl (C=O) groups is 1. The molecule has 5 rings (SSSR count). The lowest BCUT2D eigenvalue weighted by atomic mass is 10.1. The van der Waals surface area contributed by atoms with Crippen LogP contribution in [0.25, 0.3) is 16.5 Å². The molecule has 0 unspecified atom stereocenters. The highest BCUT2D eigenvalue weighted by Crippen LogP contribution is 2.27. The van der Waals surface area contributed by atoms with Crippen molar-refractivity contribution >= 4 is 17.2 Å². The van der Waals surface area contributed by atoms with Gasteiger partial charge in [0.2, 0.25) is 0 Å². The summed E-state index contributed by atoms with van der Waals surface area (Å²) in [7, 11) is 0. The number of carbonyl (C=O) groups excluding carboxylic acids is 1. The maximum atomic E-state index is 13.3. The van der Waals surface area contributed by atoms with Crippen LogP contribution in [0.1, 0.15) is 27.2 Å². The second-order valence-electron chi connectivity index (χ2n) is 7.42. The van der Waals surface area contributed by atoms with Gasteiger partial charge in [0.15, 0.2) is 0 Å². The van der Waals surface area contributed by atoms with E-state index in [9.17, 15) is 4.79 Å². The van der Waals surface area contributed by atoms with Gasteiger partial charge >= 0.3 is 0 Å².